The van der Waals surface area contributed by atoms with Gasteiger partial charge in [-0.2, -0.15) is 0 Å². The number of aliphatic hydroxyl groups excluding tert-OH is 1. The zero-order valence-electron chi connectivity index (χ0n) is 11.8. The van der Waals surface area contributed by atoms with Crippen LogP contribution in [0.5, 0.6) is 0 Å². The predicted octanol–water partition coefficient (Wildman–Crippen LogP) is 2.68. The summed E-state index contributed by atoms with van der Waals surface area (Å²) >= 11 is 6.21. The number of nitrogens with zero attached hydrogens (tertiary/aromatic N) is 2. The Balaban J connectivity index is 2.25. The molecule has 5 heteroatoms. The lowest BCUT2D eigenvalue weighted by Crippen LogP contribution is -2.33. The fraction of sp³-hybridized carbons (Fsp3) is 0.250. The van der Waals surface area contributed by atoms with Crippen molar-refractivity contribution in [2.24, 2.45) is 0 Å². The topological polar surface area (TPSA) is 53.4 Å². The molecule has 4 nitrogen and oxygen atoms in total. The molecule has 1 aromatic heterocycles. The summed E-state index contributed by atoms with van der Waals surface area (Å²) in [6.07, 6.45) is 3.38. The Kier molecular flexibility index (Phi) is 5.31. The van der Waals surface area contributed by atoms with E-state index >= 15 is 0 Å². The number of halogens is 1. The highest BCUT2D eigenvalue weighted by Gasteiger charge is 2.19. The first-order valence-electron chi connectivity index (χ1n) is 6.67. The molecule has 1 aromatic carbocycles. The zero-order chi connectivity index (χ0) is 15.2. The maximum atomic E-state index is 12.6. The van der Waals surface area contributed by atoms with Gasteiger partial charge in [-0.1, -0.05) is 29.8 Å². The van der Waals surface area contributed by atoms with Crippen molar-refractivity contribution in [3.05, 3.63) is 64.4 Å². The van der Waals surface area contributed by atoms with Crippen molar-refractivity contribution in [1.82, 2.24) is 9.88 Å². The normalized spacial score (nSPS) is 10.4. The molecule has 0 atom stereocenters. The van der Waals surface area contributed by atoms with E-state index in [0.29, 0.717) is 17.1 Å². The second-order valence-electron chi connectivity index (χ2n) is 4.75. The van der Waals surface area contributed by atoms with Crippen LogP contribution in [0.1, 0.15) is 21.5 Å². The number of carbonyl (C=O) groups is 1. The molecule has 0 bridgehead atoms. The van der Waals surface area contributed by atoms with E-state index in [0.717, 1.165) is 11.1 Å². The first-order valence-corrected chi connectivity index (χ1v) is 7.05. The molecule has 0 aliphatic heterocycles. The summed E-state index contributed by atoms with van der Waals surface area (Å²) in [5, 5.41) is 9.65. The fourth-order valence-electron chi connectivity index (χ4n) is 2.07. The highest BCUT2D eigenvalue weighted by Crippen LogP contribution is 2.22. The summed E-state index contributed by atoms with van der Waals surface area (Å²) in [5.74, 6) is -0.193. The third kappa shape index (κ3) is 3.80. The summed E-state index contributed by atoms with van der Waals surface area (Å²) in [5.41, 5.74) is 2.21. The average molecular weight is 305 g/mol. The van der Waals surface area contributed by atoms with Gasteiger partial charge in [-0.05, 0) is 30.2 Å². The lowest BCUT2D eigenvalue weighted by molar-refractivity contribution is 0.0708. The summed E-state index contributed by atoms with van der Waals surface area (Å²) in [7, 11) is 0. The quantitative estimate of drug-likeness (QED) is 0.924. The standard InChI is InChI=1S/C16H17ClN2O2/c1-12-4-2-6-14(15(12)17)16(21)19(8-9-20)11-13-5-3-7-18-10-13/h2-7,10,20H,8-9,11H2,1H3. The van der Waals surface area contributed by atoms with Crippen LogP contribution in [0.3, 0.4) is 0 Å². The smallest absolute Gasteiger partial charge is 0.255 e. The van der Waals surface area contributed by atoms with Gasteiger partial charge in [0.05, 0.1) is 17.2 Å². The Labute approximate surface area is 129 Å². The molecule has 2 rings (SSSR count). The van der Waals surface area contributed by atoms with Gasteiger partial charge < -0.3 is 10.0 Å². The van der Waals surface area contributed by atoms with Gasteiger partial charge in [0.2, 0.25) is 0 Å². The number of hydrogen-bond acceptors (Lipinski definition) is 3. The number of aryl methyl sites for hydroxylation is 1. The van der Waals surface area contributed by atoms with Gasteiger partial charge in [0.1, 0.15) is 0 Å². The molecule has 0 spiro atoms. The Morgan fingerprint density at radius 3 is 2.81 bits per heavy atom. The van der Waals surface area contributed by atoms with Gasteiger partial charge in [0, 0.05) is 25.5 Å². The van der Waals surface area contributed by atoms with Crippen LogP contribution in [0.15, 0.2) is 42.7 Å². The minimum absolute atomic E-state index is 0.102. The van der Waals surface area contributed by atoms with Gasteiger partial charge in [0.25, 0.3) is 5.91 Å². The summed E-state index contributed by atoms with van der Waals surface area (Å²) < 4.78 is 0. The number of carbonyl (C=O) groups excluding carboxylic acids is 1. The van der Waals surface area contributed by atoms with Crippen LogP contribution < -0.4 is 0 Å². The Hall–Kier alpha value is -1.91. The minimum atomic E-state index is -0.193. The van der Waals surface area contributed by atoms with Crippen molar-refractivity contribution in [2.75, 3.05) is 13.2 Å². The number of hydrogen-bond donors (Lipinski definition) is 1. The van der Waals surface area contributed by atoms with Crippen LogP contribution in [0.2, 0.25) is 5.02 Å². The molecule has 0 aliphatic carbocycles. The summed E-state index contributed by atoms with van der Waals surface area (Å²) in [6, 6.07) is 9.07. The molecule has 0 radical (unpaired) electrons. The van der Waals surface area contributed by atoms with Crippen LogP contribution in [-0.4, -0.2) is 34.0 Å². The molecule has 0 unspecified atom stereocenters. The van der Waals surface area contributed by atoms with Crippen LogP contribution >= 0.6 is 11.6 Å². The molecule has 1 heterocycles. The molecule has 0 fully saturated rings. The fourth-order valence-corrected chi connectivity index (χ4v) is 2.27. The number of benzene rings is 1. The van der Waals surface area contributed by atoms with Gasteiger partial charge in [-0.3, -0.25) is 9.78 Å². The SMILES string of the molecule is Cc1cccc(C(=O)N(CCO)Cc2cccnc2)c1Cl. The van der Waals surface area contributed by atoms with Gasteiger partial charge in [-0.15, -0.1) is 0 Å². The number of rotatable bonds is 5. The number of pyridine rings is 1. The number of amides is 1. The van der Waals surface area contributed by atoms with Crippen LogP contribution in [0.25, 0.3) is 0 Å². The van der Waals surface area contributed by atoms with E-state index in [2.05, 4.69) is 4.98 Å². The van der Waals surface area contributed by atoms with E-state index in [1.807, 2.05) is 25.1 Å². The van der Waals surface area contributed by atoms with Crippen LogP contribution in [-0.2, 0) is 6.54 Å². The molecule has 1 N–H and O–H groups in total. The minimum Gasteiger partial charge on any atom is -0.395 e. The molecule has 110 valence electrons. The molecule has 0 saturated heterocycles. The van der Waals surface area contributed by atoms with E-state index in [1.54, 1.807) is 29.4 Å². The lowest BCUT2D eigenvalue weighted by atomic mass is 10.1. The monoisotopic (exact) mass is 304 g/mol. The van der Waals surface area contributed by atoms with Crippen molar-refractivity contribution in [3.8, 4) is 0 Å². The van der Waals surface area contributed by atoms with Gasteiger partial charge in [0.15, 0.2) is 0 Å². The van der Waals surface area contributed by atoms with Crippen LogP contribution in [0, 0.1) is 6.92 Å². The van der Waals surface area contributed by atoms with Crippen molar-refractivity contribution < 1.29 is 9.90 Å². The highest BCUT2D eigenvalue weighted by molar-refractivity contribution is 6.34. The third-order valence-corrected chi connectivity index (χ3v) is 3.68. The molecular weight excluding hydrogens is 288 g/mol. The Bertz CT molecular complexity index is 617. The first-order chi connectivity index (χ1) is 10.1. The van der Waals surface area contributed by atoms with Crippen molar-refractivity contribution in [2.45, 2.75) is 13.5 Å². The van der Waals surface area contributed by atoms with E-state index in [9.17, 15) is 9.90 Å². The average Bonchev–Trinajstić information content (AvgIpc) is 2.50. The van der Waals surface area contributed by atoms with E-state index in [1.165, 1.54) is 0 Å². The van der Waals surface area contributed by atoms with Crippen molar-refractivity contribution in [1.29, 1.82) is 0 Å². The van der Waals surface area contributed by atoms with E-state index in [-0.39, 0.29) is 19.1 Å². The maximum absolute atomic E-state index is 12.6. The molecule has 0 saturated carbocycles. The van der Waals surface area contributed by atoms with Gasteiger partial charge >= 0.3 is 0 Å². The Morgan fingerprint density at radius 2 is 2.14 bits per heavy atom. The summed E-state index contributed by atoms with van der Waals surface area (Å²) in [4.78, 5) is 18.2. The van der Waals surface area contributed by atoms with Gasteiger partial charge in [-0.25, -0.2) is 0 Å². The van der Waals surface area contributed by atoms with Crippen molar-refractivity contribution in [3.63, 3.8) is 0 Å². The van der Waals surface area contributed by atoms with Crippen molar-refractivity contribution >= 4 is 17.5 Å². The second kappa shape index (κ2) is 7.20. The van der Waals surface area contributed by atoms with E-state index in [4.69, 9.17) is 11.6 Å². The Morgan fingerprint density at radius 1 is 1.33 bits per heavy atom. The summed E-state index contributed by atoms with van der Waals surface area (Å²) in [6.45, 7) is 2.39. The molecule has 0 aliphatic rings. The zero-order valence-corrected chi connectivity index (χ0v) is 12.5. The predicted molar refractivity (Wildman–Crippen MR) is 82.3 cm³/mol. The molecule has 2 aromatic rings. The maximum Gasteiger partial charge on any atom is 0.255 e. The van der Waals surface area contributed by atoms with E-state index < -0.39 is 0 Å². The molecule has 1 amide bonds. The molecular formula is C16H17ClN2O2. The highest BCUT2D eigenvalue weighted by atomic mass is 35.5. The largest absolute Gasteiger partial charge is 0.395 e. The first kappa shape index (κ1) is 15.5. The number of aliphatic hydroxyl groups is 1. The lowest BCUT2D eigenvalue weighted by Gasteiger charge is -2.22. The third-order valence-electron chi connectivity index (χ3n) is 3.18. The molecule has 21 heavy (non-hydrogen) atoms. The second-order valence-corrected chi connectivity index (χ2v) is 5.13. The number of aromatic nitrogens is 1. The van der Waals surface area contributed by atoms with Crippen LogP contribution in [0.4, 0.5) is 0 Å².